The Kier molecular flexibility index (Phi) is 6.41. The van der Waals surface area contributed by atoms with E-state index in [0.29, 0.717) is 12.0 Å². The SMILES string of the molecule is C=CCCC(C(=O)NC(C)(C)C)C1CCN(C2Cc3ccccc3C2)CC1. The number of carbonyl (C=O) groups is 1. The maximum absolute atomic E-state index is 12.9. The van der Waals surface area contributed by atoms with Crippen LogP contribution in [0.5, 0.6) is 0 Å². The molecule has 0 radical (unpaired) electrons. The Balaban J connectivity index is 1.57. The van der Waals surface area contributed by atoms with Crippen molar-refractivity contribution in [2.75, 3.05) is 13.1 Å². The molecule has 1 atom stereocenters. The Morgan fingerprint density at radius 2 is 1.81 bits per heavy atom. The standard InChI is InChI=1S/C24H36N2O/c1-5-6-11-22(23(27)25-24(2,3)4)18-12-14-26(15-13-18)21-16-19-9-7-8-10-20(19)17-21/h5,7-10,18,21-22H,1,6,11-17H2,2-4H3,(H,25,27). The number of likely N-dealkylation sites (tertiary alicyclic amines) is 1. The zero-order chi connectivity index (χ0) is 19.4. The third-order valence-corrected chi connectivity index (χ3v) is 6.21. The number of nitrogens with zero attached hydrogens (tertiary/aromatic N) is 1. The number of allylic oxidation sites excluding steroid dienone is 1. The molecule has 1 N–H and O–H groups in total. The van der Waals surface area contributed by atoms with E-state index in [9.17, 15) is 4.79 Å². The first-order valence-corrected chi connectivity index (χ1v) is 10.6. The normalized spacial score (nSPS) is 20.3. The molecule has 1 saturated heterocycles. The largest absolute Gasteiger partial charge is 0.351 e. The Labute approximate surface area is 165 Å². The molecule has 0 saturated carbocycles. The van der Waals surface area contributed by atoms with Gasteiger partial charge in [-0.05, 0) is 89.4 Å². The molecule has 1 aromatic carbocycles. The molecule has 1 aliphatic carbocycles. The average Bonchev–Trinajstić information content (AvgIpc) is 3.05. The van der Waals surface area contributed by atoms with Crippen molar-refractivity contribution < 1.29 is 4.79 Å². The summed E-state index contributed by atoms with van der Waals surface area (Å²) in [5, 5.41) is 3.22. The van der Waals surface area contributed by atoms with Gasteiger partial charge in [0.25, 0.3) is 0 Å². The lowest BCUT2D eigenvalue weighted by molar-refractivity contribution is -0.129. The van der Waals surface area contributed by atoms with Gasteiger partial charge in [-0.1, -0.05) is 30.3 Å². The molecule has 0 spiro atoms. The first kappa shape index (κ1) is 20.1. The van der Waals surface area contributed by atoms with Gasteiger partial charge < -0.3 is 5.32 Å². The summed E-state index contributed by atoms with van der Waals surface area (Å²) < 4.78 is 0. The van der Waals surface area contributed by atoms with E-state index < -0.39 is 0 Å². The van der Waals surface area contributed by atoms with E-state index in [1.807, 2.05) is 6.08 Å². The van der Waals surface area contributed by atoms with Crippen molar-refractivity contribution >= 4 is 5.91 Å². The van der Waals surface area contributed by atoms with Gasteiger partial charge in [-0.25, -0.2) is 0 Å². The topological polar surface area (TPSA) is 32.3 Å². The van der Waals surface area contributed by atoms with Crippen molar-refractivity contribution in [2.24, 2.45) is 11.8 Å². The molecule has 1 fully saturated rings. The second-order valence-corrected chi connectivity index (χ2v) is 9.42. The first-order valence-electron chi connectivity index (χ1n) is 10.6. The van der Waals surface area contributed by atoms with Gasteiger partial charge in [0.2, 0.25) is 5.91 Å². The summed E-state index contributed by atoms with van der Waals surface area (Å²) in [4.78, 5) is 15.6. The Hall–Kier alpha value is -1.61. The van der Waals surface area contributed by atoms with Crippen molar-refractivity contribution in [3.05, 3.63) is 48.0 Å². The molecule has 3 heteroatoms. The van der Waals surface area contributed by atoms with Crippen molar-refractivity contribution in [1.29, 1.82) is 0 Å². The van der Waals surface area contributed by atoms with Crippen molar-refractivity contribution in [2.45, 2.75) is 70.9 Å². The summed E-state index contributed by atoms with van der Waals surface area (Å²) in [6.45, 7) is 12.3. The number of rotatable bonds is 6. The highest BCUT2D eigenvalue weighted by Gasteiger charge is 2.35. The minimum absolute atomic E-state index is 0.116. The fourth-order valence-electron chi connectivity index (χ4n) is 4.82. The van der Waals surface area contributed by atoms with Crippen LogP contribution in [0.15, 0.2) is 36.9 Å². The number of hydrogen-bond acceptors (Lipinski definition) is 2. The molecule has 1 aromatic rings. The van der Waals surface area contributed by atoms with E-state index in [0.717, 1.165) is 38.8 Å². The third kappa shape index (κ3) is 5.22. The van der Waals surface area contributed by atoms with E-state index in [-0.39, 0.29) is 17.4 Å². The molecule has 0 bridgehead atoms. The zero-order valence-corrected chi connectivity index (χ0v) is 17.3. The fraction of sp³-hybridized carbons (Fsp3) is 0.625. The second kappa shape index (κ2) is 8.60. The number of carbonyl (C=O) groups excluding carboxylic acids is 1. The highest BCUT2D eigenvalue weighted by Crippen LogP contribution is 2.33. The lowest BCUT2D eigenvalue weighted by atomic mass is 9.80. The number of hydrogen-bond donors (Lipinski definition) is 1. The molecule has 1 unspecified atom stereocenters. The van der Waals surface area contributed by atoms with Crippen LogP contribution in [-0.2, 0) is 17.6 Å². The Bertz CT molecular complexity index is 628. The summed E-state index contributed by atoms with van der Waals surface area (Å²) in [6, 6.07) is 9.53. The fourth-order valence-corrected chi connectivity index (χ4v) is 4.82. The first-order chi connectivity index (χ1) is 12.9. The molecule has 0 aromatic heterocycles. The van der Waals surface area contributed by atoms with E-state index in [4.69, 9.17) is 0 Å². The lowest BCUT2D eigenvalue weighted by Crippen LogP contribution is -2.48. The van der Waals surface area contributed by atoms with Crippen LogP contribution in [0.3, 0.4) is 0 Å². The Morgan fingerprint density at radius 1 is 1.22 bits per heavy atom. The molecule has 3 rings (SSSR count). The average molecular weight is 369 g/mol. The molecule has 1 heterocycles. The van der Waals surface area contributed by atoms with E-state index >= 15 is 0 Å². The summed E-state index contributed by atoms with van der Waals surface area (Å²) in [5.74, 6) is 0.841. The smallest absolute Gasteiger partial charge is 0.223 e. The molecular weight excluding hydrogens is 332 g/mol. The molecule has 1 aliphatic heterocycles. The number of amides is 1. The number of fused-ring (bicyclic) bond motifs is 1. The number of piperidine rings is 1. The minimum atomic E-state index is -0.167. The van der Waals surface area contributed by atoms with Crippen LogP contribution in [0.4, 0.5) is 0 Å². The molecule has 27 heavy (non-hydrogen) atoms. The summed E-state index contributed by atoms with van der Waals surface area (Å²) in [6.07, 6.45) is 8.42. The minimum Gasteiger partial charge on any atom is -0.351 e. The van der Waals surface area contributed by atoms with Gasteiger partial charge in [-0.2, -0.15) is 0 Å². The van der Waals surface area contributed by atoms with Crippen molar-refractivity contribution in [3.8, 4) is 0 Å². The van der Waals surface area contributed by atoms with Crippen LogP contribution in [0.1, 0.15) is 57.6 Å². The van der Waals surface area contributed by atoms with Crippen LogP contribution in [0.2, 0.25) is 0 Å². The van der Waals surface area contributed by atoms with Crippen LogP contribution in [-0.4, -0.2) is 35.5 Å². The maximum atomic E-state index is 12.9. The molecule has 2 aliphatic rings. The van der Waals surface area contributed by atoms with Crippen LogP contribution in [0.25, 0.3) is 0 Å². The van der Waals surface area contributed by atoms with E-state index in [1.54, 1.807) is 0 Å². The van der Waals surface area contributed by atoms with Gasteiger partial charge in [0, 0.05) is 17.5 Å². The van der Waals surface area contributed by atoms with Crippen molar-refractivity contribution in [3.63, 3.8) is 0 Å². The summed E-state index contributed by atoms with van der Waals surface area (Å²) >= 11 is 0. The number of nitrogens with one attached hydrogen (secondary N) is 1. The monoisotopic (exact) mass is 368 g/mol. The van der Waals surface area contributed by atoms with Gasteiger partial charge in [0.1, 0.15) is 0 Å². The molecule has 1 amide bonds. The molecule has 148 valence electrons. The second-order valence-electron chi connectivity index (χ2n) is 9.42. The summed E-state index contributed by atoms with van der Waals surface area (Å²) in [7, 11) is 0. The predicted octanol–water partition coefficient (Wildman–Crippen LogP) is 4.36. The van der Waals surface area contributed by atoms with Crippen molar-refractivity contribution in [1.82, 2.24) is 10.2 Å². The van der Waals surface area contributed by atoms with Crippen LogP contribution >= 0.6 is 0 Å². The van der Waals surface area contributed by atoms with E-state index in [2.05, 4.69) is 61.8 Å². The Morgan fingerprint density at radius 3 is 2.33 bits per heavy atom. The quantitative estimate of drug-likeness (QED) is 0.757. The third-order valence-electron chi connectivity index (χ3n) is 6.21. The van der Waals surface area contributed by atoms with Gasteiger partial charge >= 0.3 is 0 Å². The molecule has 3 nitrogen and oxygen atoms in total. The predicted molar refractivity (Wildman–Crippen MR) is 113 cm³/mol. The van der Waals surface area contributed by atoms with Gasteiger partial charge in [0.15, 0.2) is 0 Å². The highest BCUT2D eigenvalue weighted by molar-refractivity contribution is 5.79. The van der Waals surface area contributed by atoms with Crippen LogP contribution in [0, 0.1) is 11.8 Å². The summed E-state index contributed by atoms with van der Waals surface area (Å²) in [5.41, 5.74) is 2.89. The van der Waals surface area contributed by atoms with Gasteiger partial charge in [0.05, 0.1) is 0 Å². The lowest BCUT2D eigenvalue weighted by Gasteiger charge is -2.39. The maximum Gasteiger partial charge on any atom is 0.223 e. The highest BCUT2D eigenvalue weighted by atomic mass is 16.2. The number of benzene rings is 1. The van der Waals surface area contributed by atoms with Gasteiger partial charge in [-0.3, -0.25) is 9.69 Å². The van der Waals surface area contributed by atoms with Gasteiger partial charge in [-0.15, -0.1) is 6.58 Å². The molecular formula is C24H36N2O. The van der Waals surface area contributed by atoms with Crippen LogP contribution < -0.4 is 5.32 Å². The van der Waals surface area contributed by atoms with E-state index in [1.165, 1.54) is 24.0 Å². The zero-order valence-electron chi connectivity index (χ0n) is 17.3.